The number of rotatable bonds is 7. The van der Waals surface area contributed by atoms with E-state index in [9.17, 15) is 0 Å². The van der Waals surface area contributed by atoms with Crippen LogP contribution in [-0.2, 0) is 0 Å². The molecule has 0 spiro atoms. The molecular formula is C42H28N6. The molecule has 0 N–H and O–H groups in total. The summed E-state index contributed by atoms with van der Waals surface area (Å²) in [6.07, 6.45) is 3.57. The molecule has 0 aliphatic heterocycles. The molecule has 0 amide bonds. The molecule has 3 aromatic heterocycles. The Labute approximate surface area is 278 Å². The summed E-state index contributed by atoms with van der Waals surface area (Å²) in [5, 5.41) is 0. The highest BCUT2D eigenvalue weighted by Crippen LogP contribution is 2.32. The van der Waals surface area contributed by atoms with Gasteiger partial charge in [0, 0.05) is 45.8 Å². The molecular weight excluding hydrogens is 589 g/mol. The second-order valence-electron chi connectivity index (χ2n) is 11.3. The van der Waals surface area contributed by atoms with Crippen LogP contribution in [0, 0.1) is 0 Å². The van der Waals surface area contributed by atoms with Crippen molar-refractivity contribution in [3.8, 4) is 79.2 Å². The van der Waals surface area contributed by atoms with Crippen molar-refractivity contribution >= 4 is 0 Å². The molecule has 0 fully saturated rings. The molecule has 0 unspecified atom stereocenters. The molecule has 3 heterocycles. The smallest absolute Gasteiger partial charge is 0.164 e. The highest BCUT2D eigenvalue weighted by molar-refractivity contribution is 5.78. The second kappa shape index (κ2) is 13.0. The van der Waals surface area contributed by atoms with Crippen LogP contribution in [0.5, 0.6) is 0 Å². The van der Waals surface area contributed by atoms with Gasteiger partial charge in [-0.2, -0.15) is 0 Å². The van der Waals surface area contributed by atoms with Gasteiger partial charge in [-0.3, -0.25) is 4.98 Å². The standard InChI is InChI=1S/C42H28N6/c1-4-12-30(13-5-1)39-44-37(29-22-24-43-25-23-29)28-38(45-39)35-20-10-18-33(26-35)34-19-11-21-36(27-34)42-47-40(31-14-6-2-7-15-31)46-41(48-42)32-16-8-3-9-17-32/h1-28H. The van der Waals surface area contributed by atoms with Crippen LogP contribution in [0.15, 0.2) is 170 Å². The van der Waals surface area contributed by atoms with Crippen LogP contribution >= 0.6 is 0 Å². The quantitative estimate of drug-likeness (QED) is 0.177. The first-order chi connectivity index (χ1) is 23.8. The normalized spacial score (nSPS) is 10.9. The largest absolute Gasteiger partial charge is 0.265 e. The summed E-state index contributed by atoms with van der Waals surface area (Å²) in [5.41, 5.74) is 9.49. The fourth-order valence-electron chi connectivity index (χ4n) is 5.62. The van der Waals surface area contributed by atoms with E-state index in [1.165, 1.54) is 0 Å². The molecule has 8 aromatic rings. The van der Waals surface area contributed by atoms with Crippen molar-refractivity contribution in [2.45, 2.75) is 0 Å². The molecule has 226 valence electrons. The van der Waals surface area contributed by atoms with Gasteiger partial charge in [0.25, 0.3) is 0 Å². The Morgan fingerprint density at radius 2 is 0.625 bits per heavy atom. The molecule has 0 radical (unpaired) electrons. The van der Waals surface area contributed by atoms with Crippen molar-refractivity contribution in [2.75, 3.05) is 0 Å². The molecule has 48 heavy (non-hydrogen) atoms. The Bertz CT molecular complexity index is 2040. The number of hydrogen-bond acceptors (Lipinski definition) is 6. The molecule has 0 saturated heterocycles. The summed E-state index contributed by atoms with van der Waals surface area (Å²) < 4.78 is 0. The van der Waals surface area contributed by atoms with E-state index >= 15 is 0 Å². The van der Waals surface area contributed by atoms with Gasteiger partial charge in [-0.1, -0.05) is 127 Å². The minimum Gasteiger partial charge on any atom is -0.265 e. The molecule has 0 aliphatic carbocycles. The highest BCUT2D eigenvalue weighted by atomic mass is 15.0. The predicted molar refractivity (Wildman–Crippen MR) is 191 cm³/mol. The molecule has 0 atom stereocenters. The maximum absolute atomic E-state index is 5.02. The lowest BCUT2D eigenvalue weighted by Gasteiger charge is -2.11. The zero-order valence-corrected chi connectivity index (χ0v) is 25.8. The van der Waals surface area contributed by atoms with Gasteiger partial charge < -0.3 is 0 Å². The molecule has 0 bridgehead atoms. The molecule has 5 aromatic carbocycles. The van der Waals surface area contributed by atoms with Crippen LogP contribution in [0.4, 0.5) is 0 Å². The van der Waals surface area contributed by atoms with Gasteiger partial charge in [-0.05, 0) is 41.5 Å². The topological polar surface area (TPSA) is 77.3 Å². The number of hydrogen-bond donors (Lipinski definition) is 0. The Kier molecular flexibility index (Phi) is 7.79. The van der Waals surface area contributed by atoms with Crippen molar-refractivity contribution in [1.29, 1.82) is 0 Å². The van der Waals surface area contributed by atoms with Gasteiger partial charge in [0.1, 0.15) is 0 Å². The number of benzene rings is 5. The number of aromatic nitrogens is 6. The summed E-state index contributed by atoms with van der Waals surface area (Å²) in [7, 11) is 0. The van der Waals surface area contributed by atoms with Crippen LogP contribution in [0.3, 0.4) is 0 Å². The van der Waals surface area contributed by atoms with Gasteiger partial charge in [-0.25, -0.2) is 24.9 Å². The van der Waals surface area contributed by atoms with Gasteiger partial charge in [0.05, 0.1) is 11.4 Å². The minimum atomic E-state index is 0.617. The van der Waals surface area contributed by atoms with Crippen LogP contribution < -0.4 is 0 Å². The molecule has 0 aliphatic rings. The van der Waals surface area contributed by atoms with Crippen molar-refractivity contribution in [2.24, 2.45) is 0 Å². The summed E-state index contributed by atoms with van der Waals surface area (Å²) >= 11 is 0. The van der Waals surface area contributed by atoms with Crippen molar-refractivity contribution in [3.63, 3.8) is 0 Å². The minimum absolute atomic E-state index is 0.617. The third kappa shape index (κ3) is 6.10. The van der Waals surface area contributed by atoms with E-state index in [2.05, 4.69) is 41.4 Å². The van der Waals surface area contributed by atoms with E-state index in [1.54, 1.807) is 12.4 Å². The zero-order chi connectivity index (χ0) is 32.1. The first-order valence-corrected chi connectivity index (χ1v) is 15.7. The fourth-order valence-corrected chi connectivity index (χ4v) is 5.62. The summed E-state index contributed by atoms with van der Waals surface area (Å²) in [5.74, 6) is 2.56. The van der Waals surface area contributed by atoms with E-state index in [0.29, 0.717) is 23.3 Å². The molecule has 6 heteroatoms. The zero-order valence-electron chi connectivity index (χ0n) is 25.8. The second-order valence-corrected chi connectivity index (χ2v) is 11.3. The van der Waals surface area contributed by atoms with Crippen LogP contribution in [0.25, 0.3) is 79.2 Å². The Balaban J connectivity index is 1.21. The van der Waals surface area contributed by atoms with Crippen LogP contribution in [0.1, 0.15) is 0 Å². The van der Waals surface area contributed by atoms with Gasteiger partial charge in [0.15, 0.2) is 23.3 Å². The highest BCUT2D eigenvalue weighted by Gasteiger charge is 2.14. The average molecular weight is 617 g/mol. The van der Waals surface area contributed by atoms with Crippen molar-refractivity contribution in [3.05, 3.63) is 170 Å². The maximum Gasteiger partial charge on any atom is 0.164 e. The van der Waals surface area contributed by atoms with E-state index in [0.717, 1.165) is 55.9 Å². The van der Waals surface area contributed by atoms with Gasteiger partial charge >= 0.3 is 0 Å². The van der Waals surface area contributed by atoms with Crippen molar-refractivity contribution in [1.82, 2.24) is 29.9 Å². The SMILES string of the molecule is c1ccc(-c2nc(-c3ccncc3)cc(-c3cccc(-c4cccc(-c5nc(-c6ccccc6)nc(-c6ccccc6)n5)c4)c3)n2)cc1. The Hall–Kier alpha value is -6.66. The lowest BCUT2D eigenvalue weighted by Crippen LogP contribution is -2.00. The predicted octanol–water partition coefficient (Wildman–Crippen LogP) is 9.73. The summed E-state index contributed by atoms with van der Waals surface area (Å²) in [6.45, 7) is 0. The summed E-state index contributed by atoms with van der Waals surface area (Å²) in [6, 6.07) is 52.9. The van der Waals surface area contributed by atoms with Gasteiger partial charge in [0.2, 0.25) is 0 Å². The van der Waals surface area contributed by atoms with Crippen LogP contribution in [0.2, 0.25) is 0 Å². The van der Waals surface area contributed by atoms with Gasteiger partial charge in [-0.15, -0.1) is 0 Å². The first-order valence-electron chi connectivity index (χ1n) is 15.7. The number of pyridine rings is 1. The lowest BCUT2D eigenvalue weighted by molar-refractivity contribution is 1.07. The molecule has 8 rings (SSSR count). The van der Waals surface area contributed by atoms with E-state index in [1.807, 2.05) is 121 Å². The van der Waals surface area contributed by atoms with Crippen LogP contribution in [-0.4, -0.2) is 29.9 Å². The average Bonchev–Trinajstić information content (AvgIpc) is 3.19. The number of nitrogens with zero attached hydrogens (tertiary/aromatic N) is 6. The summed E-state index contributed by atoms with van der Waals surface area (Å²) in [4.78, 5) is 28.8. The maximum atomic E-state index is 5.02. The third-order valence-electron chi connectivity index (χ3n) is 8.05. The Morgan fingerprint density at radius 1 is 0.250 bits per heavy atom. The van der Waals surface area contributed by atoms with E-state index < -0.39 is 0 Å². The monoisotopic (exact) mass is 616 g/mol. The lowest BCUT2D eigenvalue weighted by atomic mass is 9.99. The van der Waals surface area contributed by atoms with E-state index in [-0.39, 0.29) is 0 Å². The molecule has 0 saturated carbocycles. The Morgan fingerprint density at radius 3 is 1.15 bits per heavy atom. The van der Waals surface area contributed by atoms with Crippen molar-refractivity contribution < 1.29 is 0 Å². The first kappa shape index (κ1) is 28.8. The van der Waals surface area contributed by atoms with E-state index in [4.69, 9.17) is 24.9 Å². The third-order valence-corrected chi connectivity index (χ3v) is 8.05. The fraction of sp³-hybridized carbons (Fsp3) is 0. The molecule has 6 nitrogen and oxygen atoms in total.